The minimum atomic E-state index is -2.50. The highest BCUT2D eigenvalue weighted by atomic mass is 31.2. The number of β-amino-alcohol motifs (C(OH)–C–C–N with tert-alkyl or cyclic N) is 1. The maximum atomic E-state index is 12.5. The Labute approximate surface area is 816 Å². The highest BCUT2D eigenvalue weighted by molar-refractivity contribution is 7.62. The molecule has 772 valence electrons. The predicted molar refractivity (Wildman–Crippen MR) is 520 cm³/mol. The molecular weight excluding hydrogens is 1840 g/mol. The number of aliphatic carboxylic acids is 1. The third-order valence-electron chi connectivity index (χ3n) is 24.1. The number of aromatic hydroxyl groups is 2. The second-order valence-corrected chi connectivity index (χ2v) is 42.8. The fourth-order valence-electron chi connectivity index (χ4n) is 16.2. The number of esters is 7. The summed E-state index contributed by atoms with van der Waals surface area (Å²) in [4.78, 5) is 113. The summed E-state index contributed by atoms with van der Waals surface area (Å²) in [7, 11) is 1.21. The highest BCUT2D eigenvalue weighted by Crippen LogP contribution is 2.49. The summed E-state index contributed by atoms with van der Waals surface area (Å²) in [6.07, 6.45) is 12.4. The number of carbonyl (C=O) groups excluding carboxylic acids is 8. The molecule has 0 atom stereocenters. The Morgan fingerprint density at radius 1 is 0.388 bits per heavy atom. The maximum absolute atomic E-state index is 12.5. The van der Waals surface area contributed by atoms with E-state index in [1.165, 1.54) is 25.9 Å². The lowest BCUT2D eigenvalue weighted by Gasteiger charge is -2.26. The molecule has 0 spiro atoms. The molecule has 4 aromatic carbocycles. The molecule has 0 radical (unpaired) electrons. The number of carboxylic acid groups (broad SMARTS) is 1. The lowest BCUT2D eigenvalue weighted by atomic mass is 9.94. The summed E-state index contributed by atoms with van der Waals surface area (Å²) in [5, 5.41) is 38.3. The van der Waals surface area contributed by atoms with Gasteiger partial charge in [-0.3, -0.25) is 33.9 Å². The van der Waals surface area contributed by atoms with Crippen molar-refractivity contribution in [2.75, 3.05) is 226 Å². The Hall–Kier alpha value is -10.2. The molecule has 5 N–H and O–H groups in total. The zero-order valence-corrected chi connectivity index (χ0v) is 86.3. The van der Waals surface area contributed by atoms with Gasteiger partial charge in [-0.05, 0) is 170 Å². The number of benzene rings is 4. The van der Waals surface area contributed by atoms with Crippen molar-refractivity contribution in [3.63, 3.8) is 0 Å². The number of Topliss-reactive ketones (excluding diaryl/α,β-unsaturated/α-hetero) is 1. The van der Waals surface area contributed by atoms with Crippen molar-refractivity contribution in [2.45, 2.75) is 173 Å². The Balaban J connectivity index is 0.000000243. The molecule has 0 bridgehead atoms. The van der Waals surface area contributed by atoms with Gasteiger partial charge < -0.3 is 120 Å². The van der Waals surface area contributed by atoms with Gasteiger partial charge in [0, 0.05) is 129 Å². The number of aliphatic hydroxyl groups is 1. The number of phenolic OH excluding ortho intramolecular Hbond substituents is 2. The van der Waals surface area contributed by atoms with Gasteiger partial charge in [0.15, 0.2) is 0 Å². The van der Waals surface area contributed by atoms with Crippen LogP contribution in [0.4, 0.5) is 0 Å². The first-order valence-corrected chi connectivity index (χ1v) is 52.7. The van der Waals surface area contributed by atoms with E-state index in [4.69, 9.17) is 90.7 Å². The van der Waals surface area contributed by atoms with Crippen LogP contribution in [0.5, 0.6) is 46.0 Å². The number of ketones is 1. The van der Waals surface area contributed by atoms with Crippen molar-refractivity contribution in [3.8, 4) is 46.0 Å². The van der Waals surface area contributed by atoms with Crippen LogP contribution in [0.3, 0.4) is 0 Å². The average Bonchev–Trinajstić information content (AvgIpc) is 1.72. The summed E-state index contributed by atoms with van der Waals surface area (Å²) in [6, 6.07) is 0. The molecule has 12 rings (SSSR count). The molecule has 0 aliphatic carbocycles. The van der Waals surface area contributed by atoms with Gasteiger partial charge in [0.05, 0.1) is 87.9 Å². The van der Waals surface area contributed by atoms with Crippen molar-refractivity contribution in [1.82, 2.24) is 14.7 Å². The number of allylic oxidation sites excluding steroid dienone is 8. The first-order valence-electron chi connectivity index (χ1n) is 47.2. The quantitative estimate of drug-likeness (QED) is 0.0119. The molecule has 0 aromatic heterocycles. The predicted octanol–water partition coefficient (Wildman–Crippen LogP) is 11.3. The fourth-order valence-corrected chi connectivity index (χ4v) is 17.1. The van der Waals surface area contributed by atoms with Gasteiger partial charge in [0.2, 0.25) is 0 Å². The molecule has 0 amide bonds. The van der Waals surface area contributed by atoms with Gasteiger partial charge in [-0.1, -0.05) is 46.6 Å². The molecule has 8 aliphatic rings. The number of hydrogen-bond acceptors (Lipinski definition) is 34. The minimum Gasteiger partial charge on any atom is -0.507 e. The number of ether oxygens (including phenoxy) is 17. The smallest absolute Gasteiger partial charge is 0.342 e. The molecule has 4 saturated heterocycles. The average molecular weight is 1990 g/mol. The molecule has 36 nitrogen and oxygen atoms in total. The molecular formula is C101H147N4O32P2+. The molecule has 0 saturated carbocycles. The van der Waals surface area contributed by atoms with E-state index < -0.39 is 44.1 Å². The van der Waals surface area contributed by atoms with Crippen molar-refractivity contribution < 1.29 is 158 Å². The van der Waals surface area contributed by atoms with Gasteiger partial charge in [0.1, 0.15) is 167 Å². The first kappa shape index (κ1) is 116. The summed E-state index contributed by atoms with van der Waals surface area (Å²) < 4.78 is 117. The van der Waals surface area contributed by atoms with Crippen molar-refractivity contribution in [2.24, 2.45) is 0 Å². The molecule has 38 heteroatoms. The lowest BCUT2D eigenvalue weighted by molar-refractivity contribution is -0.908. The highest BCUT2D eigenvalue weighted by Gasteiger charge is 2.38. The van der Waals surface area contributed by atoms with Crippen LogP contribution in [-0.4, -0.2) is 314 Å². The number of rotatable bonds is 41. The third kappa shape index (κ3) is 36.7. The van der Waals surface area contributed by atoms with Gasteiger partial charge in [-0.25, -0.2) is 19.2 Å². The van der Waals surface area contributed by atoms with Crippen LogP contribution in [0.25, 0.3) is 0 Å². The van der Waals surface area contributed by atoms with E-state index in [2.05, 4.69) is 14.7 Å². The topological polar surface area (TPSA) is 440 Å². The van der Waals surface area contributed by atoms with E-state index in [1.807, 2.05) is 79.7 Å². The number of aliphatic hydroxyl groups excluding tert-OH is 1. The number of methoxy groups -OCH3 is 4. The number of cyclic esters (lactones) is 4. The number of hydrogen-bond donors (Lipinski definition) is 5. The first-order chi connectivity index (χ1) is 66.1. The standard InChI is InChI=1S/2C26H38NO8P.C23H31NO7.C17H20O6.C6H13NO2.C3H6O/c2*1-18(7-9-22(28)33-15-12-27-10-13-32-14-11-27)6-8-20-24(31-3)19(2)21-16-34-26(29)23(21)25(20)35-17-36(4,5)30;1-15(5-7-19(25)30-13-10-24-8-11-29-12-9-24)4-6-17-21(26)20-18(14-31-23(20)27)16(2)22(17)28-3;1-9(5-7-13(18)19)4-6-11-15(20)14-12(8-23-17(14)21)10(2)16(11)22-3;8-4-1-7-2-5-9-6-3-7;1-3(2)4/h2*6H,7-17H2,1-5H3;4,26H,5-14H2,1-3H3;4,20H,5-8H2,1-3H3,(H,18,19);8H,1-6H2;1-2H3/p+1/b2*18-6+;15-4+;9-4+;;. The van der Waals surface area contributed by atoms with E-state index in [0.717, 1.165) is 187 Å². The second-order valence-electron chi connectivity index (χ2n) is 36.0. The number of phenols is 2. The maximum Gasteiger partial charge on any atom is 0.342 e. The Kier molecular flexibility index (Phi) is 48.5. The summed E-state index contributed by atoms with van der Waals surface area (Å²) in [6.45, 7) is 43.2. The number of carboxylic acids is 1. The van der Waals surface area contributed by atoms with Crippen molar-refractivity contribution in [3.05, 3.63) is 136 Å². The summed E-state index contributed by atoms with van der Waals surface area (Å²) >= 11 is 0. The van der Waals surface area contributed by atoms with Crippen LogP contribution in [0.15, 0.2) is 46.6 Å². The molecule has 4 aromatic rings. The van der Waals surface area contributed by atoms with Gasteiger partial charge in [-0.2, -0.15) is 0 Å². The zero-order valence-electron chi connectivity index (χ0n) is 84.5. The van der Waals surface area contributed by atoms with E-state index >= 15 is 0 Å². The number of nitrogens with zero attached hydrogens (tertiary/aromatic N) is 3. The number of carbonyl (C=O) groups is 9. The Bertz CT molecular complexity index is 4940. The summed E-state index contributed by atoms with van der Waals surface area (Å²) in [5.74, 6) is -0.437. The molecule has 4 fully saturated rings. The largest absolute Gasteiger partial charge is 0.507 e. The van der Waals surface area contributed by atoms with E-state index in [-0.39, 0.29) is 105 Å². The van der Waals surface area contributed by atoms with Crippen LogP contribution < -0.4 is 33.3 Å². The van der Waals surface area contributed by atoms with Crippen LogP contribution in [0.2, 0.25) is 0 Å². The lowest BCUT2D eigenvalue weighted by Crippen LogP contribution is -3.14. The normalized spacial score (nSPS) is 16.2. The van der Waals surface area contributed by atoms with Crippen LogP contribution in [-0.2, 0) is 137 Å². The molecule has 8 heterocycles. The molecule has 139 heavy (non-hydrogen) atoms. The number of nitrogens with one attached hydrogen (secondary N) is 1. The number of morpholine rings is 4. The van der Waals surface area contributed by atoms with E-state index in [9.17, 15) is 62.5 Å². The van der Waals surface area contributed by atoms with Crippen molar-refractivity contribution in [1.29, 1.82) is 0 Å². The van der Waals surface area contributed by atoms with Crippen LogP contribution in [0, 0.1) is 27.7 Å². The van der Waals surface area contributed by atoms with E-state index in [0.29, 0.717) is 163 Å². The molecule has 8 aliphatic heterocycles. The van der Waals surface area contributed by atoms with Gasteiger partial charge in [0.25, 0.3) is 0 Å². The van der Waals surface area contributed by atoms with Crippen LogP contribution >= 0.6 is 14.3 Å². The van der Waals surface area contributed by atoms with Gasteiger partial charge >= 0.3 is 47.8 Å². The Morgan fingerprint density at radius 3 is 0.964 bits per heavy atom. The number of quaternary nitrogens is 1. The summed E-state index contributed by atoms with van der Waals surface area (Å²) in [5.41, 5.74) is 13.6. The number of fused-ring (bicyclic) bond motifs is 4. The molecule has 0 unspecified atom stereocenters. The third-order valence-corrected chi connectivity index (χ3v) is 25.6. The van der Waals surface area contributed by atoms with Crippen LogP contribution in [0.1, 0.15) is 201 Å². The Morgan fingerprint density at radius 2 is 0.662 bits per heavy atom. The second kappa shape index (κ2) is 58.2. The van der Waals surface area contributed by atoms with Crippen molar-refractivity contribution >= 4 is 67.8 Å². The fraction of sp³-hybridized carbons (Fsp3) is 0.594. The monoisotopic (exact) mass is 1990 g/mol. The van der Waals surface area contributed by atoms with Gasteiger partial charge in [-0.15, -0.1) is 0 Å². The SMILES string of the molecule is CC(C)=O.COc1c(C)c2c(c(O)c1C/C=C(\C)CCC(=O)O)C(=O)OC2.COc1c(C)c2c(c(O)c1C/C=C(\C)CCC(=O)OCCN1CCOCC1)C(=O)OC2.COc1c(C)c2c(c(OCP(C)(C)=O)c1C/C=C(\C)CCC(=O)OCCN1CCOCC1)C(=O)OC2.COc1c(C)c2c(c(OCP(C)(C)=O)c1C/C=C(\C)CCC(=O)OCC[NH+]1CCOCC1)C(=O)OC2.OCCN1CCOCC1. The van der Waals surface area contributed by atoms with E-state index in [1.54, 1.807) is 48.0 Å². The zero-order chi connectivity index (χ0) is 102. The minimum absolute atomic E-state index is 0.00489.